The smallest absolute Gasteiger partial charge is 0.0687 e. The van der Waals surface area contributed by atoms with Gasteiger partial charge in [0.05, 0.1) is 12.2 Å². The van der Waals surface area contributed by atoms with Crippen LogP contribution >= 0.6 is 0 Å². The fraction of sp³-hybridized carbons (Fsp3) is 1.00. The molecule has 4 nitrogen and oxygen atoms in total. The zero-order chi connectivity index (χ0) is 7.28. The SMILES string of the molecule is NCC(O)CC(O)CN. The molecule has 0 aromatic heterocycles. The van der Waals surface area contributed by atoms with Gasteiger partial charge in [0.2, 0.25) is 0 Å². The summed E-state index contributed by atoms with van der Waals surface area (Å²) in [6.07, 6.45) is -0.973. The van der Waals surface area contributed by atoms with Crippen molar-refractivity contribution in [2.24, 2.45) is 11.5 Å². The molecule has 0 aromatic carbocycles. The van der Waals surface area contributed by atoms with Crippen LogP contribution in [0.3, 0.4) is 0 Å². The van der Waals surface area contributed by atoms with Crippen LogP contribution in [0.25, 0.3) is 0 Å². The normalized spacial score (nSPS) is 17.3. The van der Waals surface area contributed by atoms with Crippen LogP contribution in [0.4, 0.5) is 0 Å². The minimum Gasteiger partial charge on any atom is -0.392 e. The summed E-state index contributed by atoms with van der Waals surface area (Å²) in [4.78, 5) is 0. The zero-order valence-corrected chi connectivity index (χ0v) is 5.33. The molecule has 2 unspecified atom stereocenters. The van der Waals surface area contributed by atoms with E-state index in [2.05, 4.69) is 0 Å². The Bertz CT molecular complexity index is 62.0. The molecule has 9 heavy (non-hydrogen) atoms. The van der Waals surface area contributed by atoms with Crippen molar-refractivity contribution in [1.29, 1.82) is 0 Å². The molecule has 0 heterocycles. The molecule has 0 aliphatic rings. The Morgan fingerprint density at radius 3 is 1.56 bits per heavy atom. The van der Waals surface area contributed by atoms with Gasteiger partial charge in [0, 0.05) is 19.5 Å². The summed E-state index contributed by atoms with van der Waals surface area (Å²) in [5.74, 6) is 0. The molecular formula is C5H14N2O2. The van der Waals surface area contributed by atoms with Crippen LogP contribution in [0.15, 0.2) is 0 Å². The van der Waals surface area contributed by atoms with Gasteiger partial charge in [0.1, 0.15) is 0 Å². The number of aliphatic hydroxyl groups excluding tert-OH is 2. The molecule has 56 valence electrons. The maximum Gasteiger partial charge on any atom is 0.0687 e. The first-order valence-corrected chi connectivity index (χ1v) is 2.97. The van der Waals surface area contributed by atoms with E-state index in [1.165, 1.54) is 0 Å². The summed E-state index contributed by atoms with van der Waals surface area (Å²) >= 11 is 0. The van der Waals surface area contributed by atoms with E-state index in [1.54, 1.807) is 0 Å². The van der Waals surface area contributed by atoms with Gasteiger partial charge in [-0.05, 0) is 0 Å². The third-order valence-corrected chi connectivity index (χ3v) is 1.09. The molecule has 0 aliphatic carbocycles. The van der Waals surface area contributed by atoms with Crippen LogP contribution in [-0.2, 0) is 0 Å². The third kappa shape index (κ3) is 4.35. The first-order chi connectivity index (χ1) is 4.20. The zero-order valence-electron chi connectivity index (χ0n) is 5.33. The summed E-state index contributed by atoms with van der Waals surface area (Å²) in [5, 5.41) is 17.6. The molecule has 2 atom stereocenters. The van der Waals surface area contributed by atoms with Gasteiger partial charge in [0.25, 0.3) is 0 Å². The second-order valence-electron chi connectivity index (χ2n) is 2.01. The van der Waals surface area contributed by atoms with E-state index in [-0.39, 0.29) is 19.5 Å². The van der Waals surface area contributed by atoms with Crippen LogP contribution in [0.1, 0.15) is 6.42 Å². The van der Waals surface area contributed by atoms with Gasteiger partial charge in [0.15, 0.2) is 0 Å². The second-order valence-corrected chi connectivity index (χ2v) is 2.01. The van der Waals surface area contributed by atoms with Crippen molar-refractivity contribution in [1.82, 2.24) is 0 Å². The van der Waals surface area contributed by atoms with Crippen LogP contribution in [-0.4, -0.2) is 35.5 Å². The van der Waals surface area contributed by atoms with E-state index in [1.807, 2.05) is 0 Å². The molecular weight excluding hydrogens is 120 g/mol. The molecule has 0 amide bonds. The minimum atomic E-state index is -0.622. The van der Waals surface area contributed by atoms with Crippen molar-refractivity contribution in [2.45, 2.75) is 18.6 Å². The summed E-state index contributed by atoms with van der Waals surface area (Å²) in [5.41, 5.74) is 10.1. The maximum atomic E-state index is 8.82. The first kappa shape index (κ1) is 8.84. The highest BCUT2D eigenvalue weighted by molar-refractivity contribution is 4.63. The fourth-order valence-corrected chi connectivity index (χ4v) is 0.507. The van der Waals surface area contributed by atoms with E-state index < -0.39 is 12.2 Å². The van der Waals surface area contributed by atoms with Crippen LogP contribution in [0, 0.1) is 0 Å². The van der Waals surface area contributed by atoms with Gasteiger partial charge in [-0.3, -0.25) is 0 Å². The molecule has 0 aliphatic heterocycles. The highest BCUT2D eigenvalue weighted by Crippen LogP contribution is 1.93. The van der Waals surface area contributed by atoms with E-state index in [0.717, 1.165) is 0 Å². The van der Waals surface area contributed by atoms with Crippen molar-refractivity contribution in [3.8, 4) is 0 Å². The van der Waals surface area contributed by atoms with Crippen molar-refractivity contribution >= 4 is 0 Å². The highest BCUT2D eigenvalue weighted by Gasteiger charge is 2.07. The van der Waals surface area contributed by atoms with E-state index >= 15 is 0 Å². The molecule has 0 spiro atoms. The summed E-state index contributed by atoms with van der Waals surface area (Å²) in [6.45, 7) is 0.355. The Hall–Kier alpha value is -0.160. The lowest BCUT2D eigenvalue weighted by Gasteiger charge is -2.10. The molecule has 0 saturated heterocycles. The third-order valence-electron chi connectivity index (χ3n) is 1.09. The largest absolute Gasteiger partial charge is 0.392 e. The van der Waals surface area contributed by atoms with Crippen LogP contribution in [0.2, 0.25) is 0 Å². The minimum absolute atomic E-state index is 0.178. The Balaban J connectivity index is 3.22. The molecule has 0 fully saturated rings. The van der Waals surface area contributed by atoms with Crippen LogP contribution < -0.4 is 11.5 Å². The summed E-state index contributed by atoms with van der Waals surface area (Å²) in [6, 6.07) is 0. The van der Waals surface area contributed by atoms with Gasteiger partial charge >= 0.3 is 0 Å². The van der Waals surface area contributed by atoms with Crippen molar-refractivity contribution in [3.63, 3.8) is 0 Å². The molecule has 0 aromatic rings. The second kappa shape index (κ2) is 4.69. The molecule has 4 heteroatoms. The Kier molecular flexibility index (Phi) is 4.61. The topological polar surface area (TPSA) is 92.5 Å². The maximum absolute atomic E-state index is 8.82. The first-order valence-electron chi connectivity index (χ1n) is 2.97. The number of aliphatic hydroxyl groups is 2. The Morgan fingerprint density at radius 1 is 1.00 bits per heavy atom. The number of rotatable bonds is 4. The lowest BCUT2D eigenvalue weighted by atomic mass is 10.1. The van der Waals surface area contributed by atoms with Crippen molar-refractivity contribution < 1.29 is 10.2 Å². The quantitative estimate of drug-likeness (QED) is 0.358. The van der Waals surface area contributed by atoms with Gasteiger partial charge < -0.3 is 21.7 Å². The standard InChI is InChI=1S/C5H14N2O2/c6-2-4(8)1-5(9)3-7/h4-5,8-9H,1-3,6-7H2. The van der Waals surface area contributed by atoms with Gasteiger partial charge in [-0.2, -0.15) is 0 Å². The Labute approximate surface area is 54.5 Å². The average molecular weight is 134 g/mol. The number of hydrogen-bond donors (Lipinski definition) is 4. The molecule has 6 N–H and O–H groups in total. The van der Waals surface area contributed by atoms with Gasteiger partial charge in [-0.25, -0.2) is 0 Å². The summed E-state index contributed by atoms with van der Waals surface area (Å²) in [7, 11) is 0. The van der Waals surface area contributed by atoms with E-state index in [4.69, 9.17) is 21.7 Å². The molecule has 0 bridgehead atoms. The number of nitrogens with two attached hydrogens (primary N) is 2. The lowest BCUT2D eigenvalue weighted by molar-refractivity contribution is 0.0899. The van der Waals surface area contributed by atoms with Crippen molar-refractivity contribution in [2.75, 3.05) is 13.1 Å². The van der Waals surface area contributed by atoms with Gasteiger partial charge in [-0.15, -0.1) is 0 Å². The predicted molar refractivity (Wildman–Crippen MR) is 34.7 cm³/mol. The van der Waals surface area contributed by atoms with Crippen molar-refractivity contribution in [3.05, 3.63) is 0 Å². The predicted octanol–water partition coefficient (Wildman–Crippen LogP) is -1.98. The molecule has 0 radical (unpaired) electrons. The fourth-order valence-electron chi connectivity index (χ4n) is 0.507. The molecule has 0 rings (SSSR count). The van der Waals surface area contributed by atoms with E-state index in [0.29, 0.717) is 0 Å². The number of hydrogen-bond acceptors (Lipinski definition) is 4. The van der Waals surface area contributed by atoms with Gasteiger partial charge in [-0.1, -0.05) is 0 Å². The lowest BCUT2D eigenvalue weighted by Crippen LogP contribution is -2.29. The van der Waals surface area contributed by atoms with E-state index in [9.17, 15) is 0 Å². The summed E-state index contributed by atoms with van der Waals surface area (Å²) < 4.78 is 0. The van der Waals surface area contributed by atoms with Crippen LogP contribution in [0.5, 0.6) is 0 Å². The average Bonchev–Trinajstić information content (AvgIpc) is 1.87. The highest BCUT2D eigenvalue weighted by atomic mass is 16.3. The monoisotopic (exact) mass is 134 g/mol. The molecule has 0 saturated carbocycles. The Morgan fingerprint density at radius 2 is 1.33 bits per heavy atom.